The highest BCUT2D eigenvalue weighted by Gasteiger charge is 2.31. The van der Waals surface area contributed by atoms with Crippen molar-refractivity contribution in [2.45, 2.75) is 12.3 Å². The first kappa shape index (κ1) is 22.2. The molecular formula is C32H23NO2S. The van der Waals surface area contributed by atoms with Gasteiger partial charge in [-0.25, -0.2) is 0 Å². The fourth-order valence-corrected chi connectivity index (χ4v) is 6.11. The summed E-state index contributed by atoms with van der Waals surface area (Å²) in [5, 5.41) is 0. The zero-order chi connectivity index (χ0) is 24.5. The van der Waals surface area contributed by atoms with Crippen molar-refractivity contribution in [3.05, 3.63) is 138 Å². The van der Waals surface area contributed by atoms with E-state index in [1.165, 1.54) is 0 Å². The summed E-state index contributed by atoms with van der Waals surface area (Å²) in [4.78, 5) is 28.6. The van der Waals surface area contributed by atoms with Crippen LogP contribution in [0.25, 0.3) is 26.2 Å². The molecule has 0 amide bonds. The highest BCUT2D eigenvalue weighted by Crippen LogP contribution is 2.42. The molecule has 6 aromatic rings. The third-order valence-corrected chi connectivity index (χ3v) is 7.80. The van der Waals surface area contributed by atoms with Gasteiger partial charge in [0, 0.05) is 34.9 Å². The van der Waals surface area contributed by atoms with Crippen molar-refractivity contribution in [2.75, 3.05) is 0 Å². The van der Waals surface area contributed by atoms with Gasteiger partial charge in [-0.1, -0.05) is 103 Å². The van der Waals surface area contributed by atoms with Crippen molar-refractivity contribution in [3.8, 4) is 11.1 Å². The first-order chi connectivity index (χ1) is 17.7. The number of Topliss-reactive ketones (excluding diaryl/α,β-unsaturated/α-hetero) is 2. The average Bonchev–Trinajstić information content (AvgIpc) is 3.49. The molecule has 36 heavy (non-hydrogen) atoms. The second-order valence-corrected chi connectivity index (χ2v) is 9.87. The normalized spacial score (nSPS) is 12.1. The van der Waals surface area contributed by atoms with Crippen molar-refractivity contribution in [1.29, 1.82) is 0 Å². The van der Waals surface area contributed by atoms with Crippen LogP contribution in [0.1, 0.15) is 38.6 Å². The van der Waals surface area contributed by atoms with Gasteiger partial charge in [0.15, 0.2) is 11.6 Å². The summed E-state index contributed by atoms with van der Waals surface area (Å²) in [6.45, 7) is 0. The van der Waals surface area contributed by atoms with Gasteiger partial charge >= 0.3 is 0 Å². The number of aromatic nitrogens is 1. The van der Waals surface area contributed by atoms with Crippen LogP contribution in [-0.4, -0.2) is 16.0 Å². The van der Waals surface area contributed by atoms with Crippen molar-refractivity contribution < 1.29 is 9.59 Å². The number of carbonyl (C=O) groups is 2. The van der Waals surface area contributed by atoms with Gasteiger partial charge in [-0.05, 0) is 17.7 Å². The van der Waals surface area contributed by atoms with Gasteiger partial charge in [0.05, 0.1) is 16.1 Å². The van der Waals surface area contributed by atoms with Crippen LogP contribution >= 0.6 is 11.3 Å². The smallest absolute Gasteiger partial charge is 0.170 e. The van der Waals surface area contributed by atoms with Crippen LogP contribution in [0.3, 0.4) is 0 Å². The summed E-state index contributed by atoms with van der Waals surface area (Å²) >= 11 is 1.67. The second kappa shape index (κ2) is 9.40. The lowest BCUT2D eigenvalue weighted by atomic mass is 9.83. The SMILES string of the molecule is O=C(CC(C(=O)c1ccccc1)c1c(-c2ccccc2)cn2c1sc1ccccc12)c1ccccc1. The standard InChI is InChI=1S/C32H23NO2S/c34-28(23-14-6-2-7-15-23)20-25(31(35)24-16-8-3-9-17-24)30-26(22-12-4-1-5-13-22)21-33-27-18-10-11-19-29(27)36-32(30)33/h1-19,21,25H,20H2. The van der Waals surface area contributed by atoms with E-state index >= 15 is 0 Å². The Kier molecular flexibility index (Phi) is 5.80. The Morgan fingerprint density at radius 2 is 1.28 bits per heavy atom. The Hall–Kier alpha value is -4.28. The molecule has 0 saturated carbocycles. The van der Waals surface area contributed by atoms with E-state index in [0.29, 0.717) is 11.1 Å². The van der Waals surface area contributed by atoms with E-state index in [9.17, 15) is 9.59 Å². The van der Waals surface area contributed by atoms with Crippen LogP contribution in [0, 0.1) is 0 Å². The van der Waals surface area contributed by atoms with E-state index in [2.05, 4.69) is 34.9 Å². The third kappa shape index (κ3) is 3.96. The van der Waals surface area contributed by atoms with E-state index in [-0.39, 0.29) is 18.0 Å². The molecule has 2 aromatic heterocycles. The lowest BCUT2D eigenvalue weighted by Crippen LogP contribution is -2.18. The maximum absolute atomic E-state index is 14.1. The molecule has 0 saturated heterocycles. The molecule has 3 nitrogen and oxygen atoms in total. The number of hydrogen-bond acceptors (Lipinski definition) is 3. The number of ketones is 2. The fraction of sp³-hybridized carbons (Fsp3) is 0.0625. The van der Waals surface area contributed by atoms with E-state index in [1.54, 1.807) is 11.3 Å². The number of carbonyl (C=O) groups excluding carboxylic acids is 2. The minimum Gasteiger partial charge on any atom is -0.306 e. The average molecular weight is 486 g/mol. The number of para-hydroxylation sites is 1. The number of nitrogens with zero attached hydrogens (tertiary/aromatic N) is 1. The summed E-state index contributed by atoms with van der Waals surface area (Å²) in [6.07, 6.45) is 2.22. The molecule has 1 atom stereocenters. The van der Waals surface area contributed by atoms with Gasteiger partial charge in [-0.2, -0.15) is 0 Å². The first-order valence-corrected chi connectivity index (χ1v) is 12.8. The maximum atomic E-state index is 14.1. The minimum absolute atomic E-state index is 0.0376. The Bertz CT molecular complexity index is 1680. The summed E-state index contributed by atoms with van der Waals surface area (Å²) in [6, 6.07) is 37.0. The van der Waals surface area contributed by atoms with E-state index in [1.807, 2.05) is 91.0 Å². The van der Waals surface area contributed by atoms with Gasteiger partial charge in [0.2, 0.25) is 0 Å². The topological polar surface area (TPSA) is 38.5 Å². The first-order valence-electron chi connectivity index (χ1n) is 12.0. The lowest BCUT2D eigenvalue weighted by Gasteiger charge is -2.17. The summed E-state index contributed by atoms with van der Waals surface area (Å²) in [7, 11) is 0. The van der Waals surface area contributed by atoms with Crippen molar-refractivity contribution in [2.24, 2.45) is 0 Å². The van der Waals surface area contributed by atoms with Gasteiger partial charge in [-0.15, -0.1) is 11.3 Å². The predicted molar refractivity (Wildman–Crippen MR) is 147 cm³/mol. The third-order valence-electron chi connectivity index (χ3n) is 6.62. The highest BCUT2D eigenvalue weighted by molar-refractivity contribution is 7.24. The number of thiazole rings is 1. The molecule has 0 radical (unpaired) electrons. The summed E-state index contributed by atoms with van der Waals surface area (Å²) < 4.78 is 3.32. The van der Waals surface area contributed by atoms with Gasteiger partial charge in [0.25, 0.3) is 0 Å². The van der Waals surface area contributed by atoms with Gasteiger partial charge < -0.3 is 4.40 Å². The largest absolute Gasteiger partial charge is 0.306 e. The molecule has 2 heterocycles. The molecule has 0 N–H and O–H groups in total. The zero-order valence-corrected chi connectivity index (χ0v) is 20.3. The van der Waals surface area contributed by atoms with Crippen molar-refractivity contribution in [3.63, 3.8) is 0 Å². The zero-order valence-electron chi connectivity index (χ0n) is 19.5. The molecule has 0 bridgehead atoms. The molecule has 0 aliphatic rings. The molecule has 0 fully saturated rings. The quantitative estimate of drug-likeness (QED) is 0.215. The van der Waals surface area contributed by atoms with Crippen molar-refractivity contribution >= 4 is 38.0 Å². The number of benzene rings is 4. The minimum atomic E-state index is -0.617. The molecule has 6 rings (SSSR count). The molecule has 174 valence electrons. The molecule has 4 heteroatoms. The monoisotopic (exact) mass is 485 g/mol. The Morgan fingerprint density at radius 3 is 1.97 bits per heavy atom. The second-order valence-electron chi connectivity index (χ2n) is 8.84. The maximum Gasteiger partial charge on any atom is 0.170 e. The van der Waals surface area contributed by atoms with Crippen molar-refractivity contribution in [1.82, 2.24) is 4.40 Å². The van der Waals surface area contributed by atoms with Gasteiger partial charge in [0.1, 0.15) is 4.83 Å². The van der Waals surface area contributed by atoms with Gasteiger partial charge in [-0.3, -0.25) is 9.59 Å². The van der Waals surface area contributed by atoms with Crippen LogP contribution in [0.15, 0.2) is 121 Å². The molecule has 0 spiro atoms. The number of rotatable bonds is 7. The predicted octanol–water partition coefficient (Wildman–Crippen LogP) is 8.06. The Morgan fingerprint density at radius 1 is 0.694 bits per heavy atom. The number of hydrogen-bond donors (Lipinski definition) is 0. The van der Waals surface area contributed by atoms with Crippen LogP contribution < -0.4 is 0 Å². The lowest BCUT2D eigenvalue weighted by molar-refractivity contribution is 0.0894. The molecule has 4 aromatic carbocycles. The molecule has 0 aliphatic carbocycles. The summed E-state index contributed by atoms with van der Waals surface area (Å²) in [5.41, 5.74) is 5.27. The summed E-state index contributed by atoms with van der Waals surface area (Å²) in [5.74, 6) is -0.694. The van der Waals surface area contributed by atoms with E-state index < -0.39 is 5.92 Å². The van der Waals surface area contributed by atoms with Crippen LogP contribution in [-0.2, 0) is 0 Å². The van der Waals surface area contributed by atoms with Crippen LogP contribution in [0.4, 0.5) is 0 Å². The fourth-order valence-electron chi connectivity index (χ4n) is 4.87. The number of fused-ring (bicyclic) bond motifs is 3. The molecular weight excluding hydrogens is 462 g/mol. The van der Waals surface area contributed by atoms with Crippen LogP contribution in [0.2, 0.25) is 0 Å². The van der Waals surface area contributed by atoms with E-state index in [4.69, 9.17) is 0 Å². The highest BCUT2D eigenvalue weighted by atomic mass is 32.1. The van der Waals surface area contributed by atoms with Crippen LogP contribution in [0.5, 0.6) is 0 Å². The Balaban J connectivity index is 1.59. The Labute approximate surface area is 213 Å². The van der Waals surface area contributed by atoms with E-state index in [0.717, 1.165) is 31.7 Å². The molecule has 1 unspecified atom stereocenters. The molecule has 0 aliphatic heterocycles.